The average Bonchev–Trinajstić information content (AvgIpc) is 2.90. The third-order valence-electron chi connectivity index (χ3n) is 4.84. The monoisotopic (exact) mass is 293 g/mol. The fraction of sp³-hybridized carbons (Fsp3) is 0.667. The van der Waals surface area contributed by atoms with Crippen LogP contribution in [0.3, 0.4) is 0 Å². The van der Waals surface area contributed by atoms with E-state index in [-0.39, 0.29) is 17.3 Å². The van der Waals surface area contributed by atoms with Crippen LogP contribution in [0, 0.1) is 17.2 Å². The average molecular weight is 293 g/mol. The summed E-state index contributed by atoms with van der Waals surface area (Å²) in [7, 11) is 3.47. The maximum Gasteiger partial charge on any atom is 0.169 e. The Morgan fingerprint density at radius 2 is 1.95 bits per heavy atom. The number of methoxy groups -OCH3 is 1. The predicted molar refractivity (Wildman–Crippen MR) is 85.1 cm³/mol. The van der Waals surface area contributed by atoms with E-state index >= 15 is 0 Å². The largest absolute Gasteiger partial charge is 0.494 e. The standard InChI is InChI=1S/C18H28FNO/c1-13(2)12-18(10-5-6-11-18)17(20-3)14-8-7-9-15(21-4)16(14)19/h7-9,13,17,20H,5-6,10-12H2,1-4H3. The van der Waals surface area contributed by atoms with Crippen molar-refractivity contribution in [2.24, 2.45) is 11.3 Å². The van der Waals surface area contributed by atoms with Crippen molar-refractivity contribution in [2.75, 3.05) is 14.2 Å². The van der Waals surface area contributed by atoms with Crippen molar-refractivity contribution in [3.63, 3.8) is 0 Å². The van der Waals surface area contributed by atoms with Gasteiger partial charge in [-0.15, -0.1) is 0 Å². The molecule has 0 aromatic heterocycles. The van der Waals surface area contributed by atoms with Crippen LogP contribution < -0.4 is 10.1 Å². The molecule has 118 valence electrons. The van der Waals surface area contributed by atoms with Gasteiger partial charge in [-0.25, -0.2) is 4.39 Å². The van der Waals surface area contributed by atoms with Crippen LogP contribution in [0.15, 0.2) is 18.2 Å². The van der Waals surface area contributed by atoms with E-state index in [1.54, 1.807) is 6.07 Å². The molecule has 3 heteroatoms. The van der Waals surface area contributed by atoms with E-state index in [2.05, 4.69) is 19.2 Å². The Kier molecular flexibility index (Phi) is 5.26. The summed E-state index contributed by atoms with van der Waals surface area (Å²) in [6.07, 6.45) is 5.98. The first-order chi connectivity index (χ1) is 10.0. The van der Waals surface area contributed by atoms with Gasteiger partial charge in [-0.3, -0.25) is 0 Å². The molecule has 0 bridgehead atoms. The van der Waals surface area contributed by atoms with E-state index in [4.69, 9.17) is 4.74 Å². The molecule has 1 aliphatic rings. The van der Waals surface area contributed by atoms with Crippen molar-refractivity contribution in [3.05, 3.63) is 29.6 Å². The minimum Gasteiger partial charge on any atom is -0.494 e. The molecule has 1 saturated carbocycles. The molecule has 1 aromatic rings. The van der Waals surface area contributed by atoms with Crippen LogP contribution in [0.4, 0.5) is 4.39 Å². The summed E-state index contributed by atoms with van der Waals surface area (Å²) in [4.78, 5) is 0. The lowest BCUT2D eigenvalue weighted by molar-refractivity contribution is 0.158. The lowest BCUT2D eigenvalue weighted by Gasteiger charge is -2.39. The molecule has 1 aliphatic carbocycles. The molecule has 0 spiro atoms. The topological polar surface area (TPSA) is 21.3 Å². The molecular weight excluding hydrogens is 265 g/mol. The number of hydrogen-bond acceptors (Lipinski definition) is 2. The van der Waals surface area contributed by atoms with Gasteiger partial charge in [0.05, 0.1) is 7.11 Å². The van der Waals surface area contributed by atoms with E-state index in [9.17, 15) is 4.39 Å². The van der Waals surface area contributed by atoms with E-state index in [0.29, 0.717) is 11.7 Å². The fourth-order valence-electron chi connectivity index (χ4n) is 4.20. The molecule has 2 nitrogen and oxygen atoms in total. The van der Waals surface area contributed by atoms with Gasteiger partial charge < -0.3 is 10.1 Å². The third kappa shape index (κ3) is 3.23. The van der Waals surface area contributed by atoms with Crippen molar-refractivity contribution in [3.8, 4) is 5.75 Å². The Hall–Kier alpha value is -1.09. The highest BCUT2D eigenvalue weighted by molar-refractivity contribution is 5.34. The molecule has 2 rings (SSSR count). The Labute approximate surface area is 128 Å². The predicted octanol–water partition coefficient (Wildman–Crippen LogP) is 4.70. The summed E-state index contributed by atoms with van der Waals surface area (Å²) in [6, 6.07) is 5.53. The lowest BCUT2D eigenvalue weighted by atomic mass is 9.70. The molecule has 1 aromatic carbocycles. The van der Waals surface area contributed by atoms with Gasteiger partial charge in [0, 0.05) is 11.6 Å². The maximum absolute atomic E-state index is 14.7. The highest BCUT2D eigenvalue weighted by atomic mass is 19.1. The normalized spacial score (nSPS) is 19.0. The van der Waals surface area contributed by atoms with Gasteiger partial charge in [-0.2, -0.15) is 0 Å². The number of nitrogens with one attached hydrogen (secondary N) is 1. The van der Waals surface area contributed by atoms with E-state index in [1.165, 1.54) is 32.8 Å². The molecule has 0 saturated heterocycles. The first kappa shape index (κ1) is 16.3. The van der Waals surface area contributed by atoms with Crippen molar-refractivity contribution in [1.29, 1.82) is 0 Å². The second kappa shape index (κ2) is 6.78. The second-order valence-electron chi connectivity index (χ2n) is 6.75. The van der Waals surface area contributed by atoms with Crippen molar-refractivity contribution in [1.82, 2.24) is 5.32 Å². The zero-order valence-corrected chi connectivity index (χ0v) is 13.7. The SMILES string of the molecule is CNC(c1cccc(OC)c1F)C1(CC(C)C)CCCC1. The Bertz CT molecular complexity index is 466. The minimum absolute atomic E-state index is 0.0532. The summed E-state index contributed by atoms with van der Waals surface area (Å²) < 4.78 is 19.9. The highest BCUT2D eigenvalue weighted by Gasteiger charge is 2.42. The van der Waals surface area contributed by atoms with Gasteiger partial charge in [0.25, 0.3) is 0 Å². The summed E-state index contributed by atoms with van der Waals surface area (Å²) >= 11 is 0. The van der Waals surface area contributed by atoms with E-state index < -0.39 is 0 Å². The van der Waals surface area contributed by atoms with Crippen molar-refractivity contribution in [2.45, 2.75) is 52.0 Å². The maximum atomic E-state index is 14.7. The number of rotatable bonds is 6. The summed E-state index contributed by atoms with van der Waals surface area (Å²) in [5, 5.41) is 3.40. The van der Waals surface area contributed by atoms with E-state index in [1.807, 2.05) is 19.2 Å². The van der Waals surface area contributed by atoms with Crippen LogP contribution in [-0.4, -0.2) is 14.2 Å². The van der Waals surface area contributed by atoms with Crippen LogP contribution in [-0.2, 0) is 0 Å². The van der Waals surface area contributed by atoms with Crippen LogP contribution in [0.25, 0.3) is 0 Å². The molecule has 0 heterocycles. The number of ether oxygens (including phenoxy) is 1. The van der Waals surface area contributed by atoms with Gasteiger partial charge in [0.1, 0.15) is 0 Å². The number of benzene rings is 1. The van der Waals surface area contributed by atoms with Crippen molar-refractivity contribution >= 4 is 0 Å². The zero-order valence-electron chi connectivity index (χ0n) is 13.7. The number of hydrogen-bond donors (Lipinski definition) is 1. The Morgan fingerprint density at radius 3 is 2.48 bits per heavy atom. The third-order valence-corrected chi connectivity index (χ3v) is 4.84. The number of halogens is 1. The summed E-state index contributed by atoms with van der Waals surface area (Å²) in [5.74, 6) is 0.743. The van der Waals surface area contributed by atoms with Crippen LogP contribution in [0.5, 0.6) is 5.75 Å². The van der Waals surface area contributed by atoms with Gasteiger partial charge in [0.15, 0.2) is 11.6 Å². The fourth-order valence-corrected chi connectivity index (χ4v) is 4.20. The van der Waals surface area contributed by atoms with Gasteiger partial charge >= 0.3 is 0 Å². The molecule has 0 radical (unpaired) electrons. The van der Waals surface area contributed by atoms with Gasteiger partial charge in [0.2, 0.25) is 0 Å². The van der Waals surface area contributed by atoms with Gasteiger partial charge in [-0.1, -0.05) is 38.8 Å². The molecule has 1 unspecified atom stereocenters. The second-order valence-corrected chi connectivity index (χ2v) is 6.75. The van der Waals surface area contributed by atoms with Crippen molar-refractivity contribution < 1.29 is 9.13 Å². The Morgan fingerprint density at radius 1 is 1.29 bits per heavy atom. The van der Waals surface area contributed by atoms with Crippen LogP contribution in [0.2, 0.25) is 0 Å². The molecular formula is C18H28FNO. The van der Waals surface area contributed by atoms with Crippen LogP contribution in [0.1, 0.15) is 57.6 Å². The first-order valence-corrected chi connectivity index (χ1v) is 8.04. The Balaban J connectivity index is 2.42. The smallest absolute Gasteiger partial charge is 0.169 e. The molecule has 1 N–H and O–H groups in total. The quantitative estimate of drug-likeness (QED) is 0.820. The molecule has 1 fully saturated rings. The first-order valence-electron chi connectivity index (χ1n) is 8.04. The molecule has 21 heavy (non-hydrogen) atoms. The lowest BCUT2D eigenvalue weighted by Crippen LogP contribution is -2.36. The van der Waals surface area contributed by atoms with Gasteiger partial charge in [-0.05, 0) is 43.7 Å². The highest BCUT2D eigenvalue weighted by Crippen LogP contribution is 2.52. The summed E-state index contributed by atoms with van der Waals surface area (Å²) in [6.45, 7) is 4.52. The molecule has 0 aliphatic heterocycles. The van der Waals surface area contributed by atoms with E-state index in [0.717, 1.165) is 12.0 Å². The van der Waals surface area contributed by atoms with Crippen LogP contribution >= 0.6 is 0 Å². The molecule has 1 atom stereocenters. The zero-order chi connectivity index (χ0) is 15.5. The summed E-state index contributed by atoms with van der Waals surface area (Å²) in [5.41, 5.74) is 0.912. The minimum atomic E-state index is -0.214. The molecule has 0 amide bonds.